The van der Waals surface area contributed by atoms with E-state index in [-0.39, 0.29) is 12.0 Å². The van der Waals surface area contributed by atoms with Crippen LogP contribution in [0.1, 0.15) is 17.5 Å². The van der Waals surface area contributed by atoms with Crippen LogP contribution in [0.3, 0.4) is 0 Å². The summed E-state index contributed by atoms with van der Waals surface area (Å²) in [5, 5.41) is 9.52. The van der Waals surface area contributed by atoms with Gasteiger partial charge in [0.1, 0.15) is 6.10 Å². The zero-order chi connectivity index (χ0) is 17.6. The molecule has 1 aromatic carbocycles. The highest BCUT2D eigenvalue weighted by molar-refractivity contribution is 6.32. The van der Waals surface area contributed by atoms with Crippen molar-refractivity contribution in [2.45, 2.75) is 12.5 Å². The number of hydrogen-bond donors (Lipinski definition) is 0. The lowest BCUT2D eigenvalue weighted by atomic mass is 10.2. The zero-order valence-electron chi connectivity index (χ0n) is 13.4. The number of likely N-dealkylation sites (tertiary alicyclic amines) is 1. The number of nitrogens with zero attached hydrogens (tertiary/aromatic N) is 3. The Morgan fingerprint density at radius 1 is 1.40 bits per heavy atom. The number of halogens is 1. The predicted octanol–water partition coefficient (Wildman–Crippen LogP) is 3.30. The maximum atomic E-state index is 12.3. The zero-order valence-corrected chi connectivity index (χ0v) is 14.2. The van der Waals surface area contributed by atoms with Gasteiger partial charge >= 0.3 is 0 Å². The molecule has 1 aliphatic heterocycles. The number of ether oxygens (including phenoxy) is 1. The largest absolute Gasteiger partial charge is 0.472 e. The van der Waals surface area contributed by atoms with Crippen molar-refractivity contribution < 1.29 is 9.53 Å². The van der Waals surface area contributed by atoms with Crippen LogP contribution >= 0.6 is 11.6 Å². The number of aromatic nitrogens is 1. The number of carbonyl (C=O) groups excluding carboxylic acids is 1. The number of amides is 1. The summed E-state index contributed by atoms with van der Waals surface area (Å²) in [6, 6.07) is 12.6. The fourth-order valence-corrected chi connectivity index (χ4v) is 2.81. The molecule has 2 aromatic rings. The molecule has 0 saturated carbocycles. The van der Waals surface area contributed by atoms with E-state index in [0.29, 0.717) is 29.6 Å². The quantitative estimate of drug-likeness (QED) is 0.791. The molecule has 1 fully saturated rings. The normalized spacial score (nSPS) is 16.8. The molecule has 1 saturated heterocycles. The fraction of sp³-hybridized carbons (Fsp3) is 0.211. The van der Waals surface area contributed by atoms with Crippen molar-refractivity contribution in [3.63, 3.8) is 0 Å². The summed E-state index contributed by atoms with van der Waals surface area (Å²) in [6.45, 7) is 1.11. The molecule has 2 heterocycles. The smallest absolute Gasteiger partial charge is 0.246 e. The molecule has 25 heavy (non-hydrogen) atoms. The summed E-state index contributed by atoms with van der Waals surface area (Å²) in [7, 11) is 0. The average Bonchev–Trinajstić information content (AvgIpc) is 3.09. The standard InChI is InChI=1S/C19H16ClN3O2/c20-17-4-2-1-3-15(17)5-6-19(24)23-10-8-16(13-23)25-18-11-14(12-21)7-9-22-18/h1-7,9,11,16H,8,10,13H2/b6-5+. The molecule has 126 valence electrons. The van der Waals surface area contributed by atoms with Gasteiger partial charge in [0.2, 0.25) is 11.8 Å². The van der Waals surface area contributed by atoms with E-state index in [4.69, 9.17) is 21.6 Å². The van der Waals surface area contributed by atoms with Crippen molar-refractivity contribution in [1.82, 2.24) is 9.88 Å². The van der Waals surface area contributed by atoms with Gasteiger partial charge in [-0.1, -0.05) is 29.8 Å². The second kappa shape index (κ2) is 7.82. The van der Waals surface area contributed by atoms with Crippen LogP contribution in [-0.2, 0) is 4.79 Å². The summed E-state index contributed by atoms with van der Waals surface area (Å²) in [4.78, 5) is 18.1. The highest BCUT2D eigenvalue weighted by Gasteiger charge is 2.26. The van der Waals surface area contributed by atoms with E-state index in [0.717, 1.165) is 12.0 Å². The minimum atomic E-state index is -0.126. The third-order valence-electron chi connectivity index (χ3n) is 3.92. The summed E-state index contributed by atoms with van der Waals surface area (Å²) in [6.07, 6.45) is 5.39. The second-order valence-electron chi connectivity index (χ2n) is 5.66. The van der Waals surface area contributed by atoms with Gasteiger partial charge in [0.25, 0.3) is 0 Å². The lowest BCUT2D eigenvalue weighted by Gasteiger charge is -2.15. The molecule has 1 aromatic heterocycles. The molecule has 0 aliphatic carbocycles. The summed E-state index contributed by atoms with van der Waals surface area (Å²) in [5.41, 5.74) is 1.31. The molecule has 1 aliphatic rings. The maximum Gasteiger partial charge on any atom is 0.246 e. The minimum absolute atomic E-state index is 0.0789. The predicted molar refractivity (Wildman–Crippen MR) is 95.1 cm³/mol. The Bertz CT molecular complexity index is 845. The topological polar surface area (TPSA) is 66.2 Å². The lowest BCUT2D eigenvalue weighted by molar-refractivity contribution is -0.125. The fourth-order valence-electron chi connectivity index (χ4n) is 2.62. The number of carbonyl (C=O) groups is 1. The van der Waals surface area contributed by atoms with Gasteiger partial charge in [0.05, 0.1) is 18.2 Å². The van der Waals surface area contributed by atoms with E-state index in [1.807, 2.05) is 18.2 Å². The van der Waals surface area contributed by atoms with Gasteiger partial charge in [-0.05, 0) is 23.8 Å². The first-order valence-electron chi connectivity index (χ1n) is 7.90. The molecule has 0 radical (unpaired) electrons. The van der Waals surface area contributed by atoms with Gasteiger partial charge < -0.3 is 9.64 Å². The molecule has 1 amide bonds. The Labute approximate surface area is 151 Å². The molecule has 3 rings (SSSR count). The molecular formula is C19H16ClN3O2. The maximum absolute atomic E-state index is 12.3. The first-order valence-corrected chi connectivity index (χ1v) is 8.28. The third-order valence-corrected chi connectivity index (χ3v) is 4.26. The first-order chi connectivity index (χ1) is 12.2. The van der Waals surface area contributed by atoms with Gasteiger partial charge in [-0.15, -0.1) is 0 Å². The van der Waals surface area contributed by atoms with Crippen molar-refractivity contribution in [3.05, 3.63) is 64.8 Å². The minimum Gasteiger partial charge on any atom is -0.472 e. The molecule has 0 bridgehead atoms. The van der Waals surface area contributed by atoms with E-state index in [1.165, 1.54) is 12.3 Å². The molecule has 1 atom stereocenters. The highest BCUT2D eigenvalue weighted by atomic mass is 35.5. The SMILES string of the molecule is N#Cc1ccnc(OC2CCN(C(=O)/C=C/c3ccccc3Cl)C2)c1. The highest BCUT2D eigenvalue weighted by Crippen LogP contribution is 2.19. The van der Waals surface area contributed by atoms with Crippen LogP contribution in [0.5, 0.6) is 5.88 Å². The van der Waals surface area contributed by atoms with Crippen molar-refractivity contribution in [1.29, 1.82) is 5.26 Å². The van der Waals surface area contributed by atoms with Crippen molar-refractivity contribution >= 4 is 23.6 Å². The van der Waals surface area contributed by atoms with Gasteiger partial charge in [-0.3, -0.25) is 4.79 Å². The van der Waals surface area contributed by atoms with E-state index >= 15 is 0 Å². The van der Waals surface area contributed by atoms with E-state index in [9.17, 15) is 4.79 Å². The van der Waals surface area contributed by atoms with Crippen molar-refractivity contribution in [3.8, 4) is 11.9 Å². The van der Waals surface area contributed by atoms with Crippen LogP contribution in [0.25, 0.3) is 6.08 Å². The first kappa shape index (κ1) is 17.0. The summed E-state index contributed by atoms with van der Waals surface area (Å²) < 4.78 is 5.78. The number of nitriles is 1. The number of rotatable bonds is 4. The molecular weight excluding hydrogens is 338 g/mol. The van der Waals surface area contributed by atoms with Crippen LogP contribution in [-0.4, -0.2) is 35.0 Å². The Morgan fingerprint density at radius 2 is 2.24 bits per heavy atom. The Hall–Kier alpha value is -2.84. The van der Waals surface area contributed by atoms with Crippen molar-refractivity contribution in [2.75, 3.05) is 13.1 Å². The van der Waals surface area contributed by atoms with Crippen LogP contribution in [0, 0.1) is 11.3 Å². The summed E-state index contributed by atoms with van der Waals surface area (Å²) >= 11 is 6.08. The van der Waals surface area contributed by atoms with Gasteiger partial charge in [-0.2, -0.15) is 5.26 Å². The third kappa shape index (κ3) is 4.37. The molecule has 0 N–H and O–H groups in total. The van der Waals surface area contributed by atoms with Crippen molar-refractivity contribution in [2.24, 2.45) is 0 Å². The van der Waals surface area contributed by atoms with Gasteiger partial charge in [0.15, 0.2) is 0 Å². The van der Waals surface area contributed by atoms with Gasteiger partial charge in [-0.25, -0.2) is 4.98 Å². The molecule has 0 spiro atoms. The monoisotopic (exact) mass is 353 g/mol. The number of benzene rings is 1. The van der Waals surface area contributed by atoms with Crippen LogP contribution < -0.4 is 4.74 Å². The second-order valence-corrected chi connectivity index (χ2v) is 6.07. The Kier molecular flexibility index (Phi) is 5.32. The number of pyridine rings is 1. The van der Waals surface area contributed by atoms with E-state index in [2.05, 4.69) is 11.1 Å². The summed E-state index contributed by atoms with van der Waals surface area (Å²) in [5.74, 6) is 0.328. The van der Waals surface area contributed by atoms with E-state index in [1.54, 1.807) is 29.2 Å². The molecule has 1 unspecified atom stereocenters. The number of hydrogen-bond acceptors (Lipinski definition) is 4. The van der Waals surface area contributed by atoms with Crippen LogP contribution in [0.4, 0.5) is 0 Å². The van der Waals surface area contributed by atoms with Crippen LogP contribution in [0.15, 0.2) is 48.7 Å². The van der Waals surface area contributed by atoms with E-state index < -0.39 is 0 Å². The average molecular weight is 354 g/mol. The van der Waals surface area contributed by atoms with Crippen LogP contribution in [0.2, 0.25) is 5.02 Å². The lowest BCUT2D eigenvalue weighted by Crippen LogP contribution is -2.29. The Balaban J connectivity index is 1.58. The Morgan fingerprint density at radius 3 is 3.04 bits per heavy atom. The van der Waals surface area contributed by atoms with Gasteiger partial charge in [0, 0.05) is 36.3 Å². The molecule has 5 nitrogen and oxygen atoms in total. The molecule has 6 heteroatoms.